The smallest absolute Gasteiger partial charge is 0.322 e. The van der Waals surface area contributed by atoms with Crippen LogP contribution in [0.25, 0.3) is 11.4 Å². The van der Waals surface area contributed by atoms with Crippen LogP contribution in [0.1, 0.15) is 37.5 Å². The Labute approximate surface area is 185 Å². The summed E-state index contributed by atoms with van der Waals surface area (Å²) in [6.07, 6.45) is 6.96. The SMILES string of the molecule is COc1ccc(OC)c(NC(=O)N2C3CCC2CC(c2nc(-c4cccnc4)no2)C3)c1. The third-order valence-electron chi connectivity index (χ3n) is 6.33. The van der Waals surface area contributed by atoms with Crippen molar-refractivity contribution in [3.63, 3.8) is 0 Å². The molecule has 0 aliphatic carbocycles. The zero-order valence-corrected chi connectivity index (χ0v) is 18.0. The number of anilines is 1. The average Bonchev–Trinajstić information content (AvgIpc) is 3.42. The standard InChI is InChI=1S/C23H25N5O4/c1-30-18-7-8-20(31-2)19(12-18)25-23(29)28-16-5-6-17(28)11-15(10-16)22-26-21(27-32-22)14-4-3-9-24-13-14/h3-4,7-9,12-13,15-17H,5-6,10-11H2,1-2H3,(H,25,29). The normalized spacial score (nSPS) is 21.9. The predicted octanol–water partition coefficient (Wildman–Crippen LogP) is 4.09. The number of nitrogens with one attached hydrogen (secondary N) is 1. The summed E-state index contributed by atoms with van der Waals surface area (Å²) in [6, 6.07) is 9.24. The number of pyridine rings is 1. The van der Waals surface area contributed by atoms with Crippen LogP contribution in [-0.2, 0) is 0 Å². The molecule has 2 unspecified atom stereocenters. The number of rotatable bonds is 5. The Balaban J connectivity index is 1.30. The highest BCUT2D eigenvalue weighted by Gasteiger charge is 2.45. The van der Waals surface area contributed by atoms with Gasteiger partial charge in [0, 0.05) is 42.0 Å². The molecule has 0 radical (unpaired) electrons. The molecule has 32 heavy (non-hydrogen) atoms. The summed E-state index contributed by atoms with van der Waals surface area (Å²) < 4.78 is 16.3. The molecule has 2 saturated heterocycles. The van der Waals surface area contributed by atoms with Crippen LogP contribution in [0.3, 0.4) is 0 Å². The topological polar surface area (TPSA) is 103 Å². The molecule has 2 aromatic heterocycles. The van der Waals surface area contributed by atoms with E-state index in [1.807, 2.05) is 17.0 Å². The quantitative estimate of drug-likeness (QED) is 0.644. The second kappa shape index (κ2) is 8.49. The van der Waals surface area contributed by atoms with Crippen molar-refractivity contribution < 1.29 is 18.8 Å². The van der Waals surface area contributed by atoms with Gasteiger partial charge in [-0.25, -0.2) is 4.79 Å². The number of hydrogen-bond acceptors (Lipinski definition) is 7. The van der Waals surface area contributed by atoms with Gasteiger partial charge in [-0.2, -0.15) is 4.98 Å². The molecule has 2 atom stereocenters. The van der Waals surface area contributed by atoms with Crippen molar-refractivity contribution in [2.45, 2.75) is 43.7 Å². The summed E-state index contributed by atoms with van der Waals surface area (Å²) in [6.45, 7) is 0. The molecule has 5 rings (SSSR count). The molecule has 2 amide bonds. The summed E-state index contributed by atoms with van der Waals surface area (Å²) in [7, 11) is 3.17. The number of aromatic nitrogens is 3. The molecular formula is C23H25N5O4. The maximum atomic E-state index is 13.2. The second-order valence-electron chi connectivity index (χ2n) is 8.15. The third-order valence-corrected chi connectivity index (χ3v) is 6.33. The van der Waals surface area contributed by atoms with Gasteiger partial charge in [0.15, 0.2) is 0 Å². The van der Waals surface area contributed by atoms with Crippen molar-refractivity contribution in [1.29, 1.82) is 0 Å². The molecule has 9 nitrogen and oxygen atoms in total. The summed E-state index contributed by atoms with van der Waals surface area (Å²) in [5.74, 6) is 2.57. The van der Waals surface area contributed by atoms with Gasteiger partial charge in [-0.15, -0.1) is 0 Å². The van der Waals surface area contributed by atoms with E-state index in [0.29, 0.717) is 28.9 Å². The van der Waals surface area contributed by atoms with Crippen molar-refractivity contribution in [3.8, 4) is 22.9 Å². The number of piperidine rings is 1. The third kappa shape index (κ3) is 3.74. The van der Waals surface area contributed by atoms with Gasteiger partial charge in [-0.05, 0) is 49.9 Å². The van der Waals surface area contributed by atoms with Gasteiger partial charge >= 0.3 is 6.03 Å². The number of carbonyl (C=O) groups excluding carboxylic acids is 1. The molecule has 2 fully saturated rings. The summed E-state index contributed by atoms with van der Waals surface area (Å²) >= 11 is 0. The van der Waals surface area contributed by atoms with Crippen molar-refractivity contribution in [2.75, 3.05) is 19.5 Å². The largest absolute Gasteiger partial charge is 0.497 e. The fraction of sp³-hybridized carbons (Fsp3) is 0.391. The van der Waals surface area contributed by atoms with E-state index in [1.165, 1.54) is 0 Å². The first-order valence-electron chi connectivity index (χ1n) is 10.7. The van der Waals surface area contributed by atoms with Crippen LogP contribution in [0.5, 0.6) is 11.5 Å². The first-order valence-corrected chi connectivity index (χ1v) is 10.7. The molecule has 3 aromatic rings. The minimum absolute atomic E-state index is 0.121. The fourth-order valence-corrected chi connectivity index (χ4v) is 4.82. The second-order valence-corrected chi connectivity index (χ2v) is 8.15. The van der Waals surface area contributed by atoms with Gasteiger partial charge in [0.25, 0.3) is 0 Å². The number of nitrogens with zero attached hydrogens (tertiary/aromatic N) is 4. The molecule has 2 bridgehead atoms. The maximum Gasteiger partial charge on any atom is 0.322 e. The monoisotopic (exact) mass is 435 g/mol. The van der Waals surface area contributed by atoms with Gasteiger partial charge in [0.05, 0.1) is 19.9 Å². The minimum atomic E-state index is -0.121. The summed E-state index contributed by atoms with van der Waals surface area (Å²) in [4.78, 5) is 23.9. The van der Waals surface area contributed by atoms with Gasteiger partial charge in [-0.3, -0.25) is 4.98 Å². The van der Waals surface area contributed by atoms with Gasteiger partial charge in [-0.1, -0.05) is 5.16 Å². The summed E-state index contributed by atoms with van der Waals surface area (Å²) in [5.41, 5.74) is 1.42. The molecule has 1 aromatic carbocycles. The highest BCUT2D eigenvalue weighted by molar-refractivity contribution is 5.92. The van der Waals surface area contributed by atoms with E-state index < -0.39 is 0 Å². The fourth-order valence-electron chi connectivity index (χ4n) is 4.82. The molecule has 1 N–H and O–H groups in total. The van der Waals surface area contributed by atoms with Crippen molar-refractivity contribution in [3.05, 3.63) is 48.6 Å². The van der Waals surface area contributed by atoms with E-state index in [1.54, 1.807) is 44.8 Å². The number of amides is 2. The lowest BCUT2D eigenvalue weighted by atomic mass is 9.91. The van der Waals surface area contributed by atoms with Crippen molar-refractivity contribution >= 4 is 11.7 Å². The van der Waals surface area contributed by atoms with Crippen molar-refractivity contribution in [1.82, 2.24) is 20.0 Å². The molecule has 4 heterocycles. The number of ether oxygens (including phenoxy) is 2. The van der Waals surface area contributed by atoms with E-state index in [9.17, 15) is 4.79 Å². The number of hydrogen-bond donors (Lipinski definition) is 1. The molecule has 0 spiro atoms. The number of carbonyl (C=O) groups is 1. The molecule has 2 aliphatic heterocycles. The zero-order valence-electron chi connectivity index (χ0n) is 18.0. The van der Waals surface area contributed by atoms with Crippen LogP contribution in [0.2, 0.25) is 0 Å². The minimum Gasteiger partial charge on any atom is -0.497 e. The van der Waals surface area contributed by atoms with Gasteiger partial charge in [0.1, 0.15) is 11.5 Å². The molecule has 9 heteroatoms. The first-order chi connectivity index (χ1) is 15.7. The Hall–Kier alpha value is -3.62. The van der Waals surface area contributed by atoms with Crippen LogP contribution in [-0.4, -0.2) is 52.4 Å². The van der Waals surface area contributed by atoms with E-state index in [-0.39, 0.29) is 24.0 Å². The molecule has 166 valence electrons. The predicted molar refractivity (Wildman–Crippen MR) is 117 cm³/mol. The van der Waals surface area contributed by atoms with E-state index in [2.05, 4.69) is 20.4 Å². The van der Waals surface area contributed by atoms with E-state index >= 15 is 0 Å². The van der Waals surface area contributed by atoms with Gasteiger partial charge < -0.3 is 24.2 Å². The highest BCUT2D eigenvalue weighted by atomic mass is 16.5. The maximum absolute atomic E-state index is 13.2. The Bertz CT molecular complexity index is 1090. The lowest BCUT2D eigenvalue weighted by Crippen LogP contribution is -2.48. The zero-order chi connectivity index (χ0) is 22.1. The van der Waals surface area contributed by atoms with Crippen LogP contribution >= 0.6 is 0 Å². The van der Waals surface area contributed by atoms with Crippen LogP contribution < -0.4 is 14.8 Å². The van der Waals surface area contributed by atoms with E-state index in [4.69, 9.17) is 14.0 Å². The molecule has 0 saturated carbocycles. The Morgan fingerprint density at radius 2 is 1.97 bits per heavy atom. The number of fused-ring (bicyclic) bond motifs is 2. The van der Waals surface area contributed by atoms with E-state index in [0.717, 1.165) is 31.2 Å². The Morgan fingerprint density at radius 1 is 1.16 bits per heavy atom. The lowest BCUT2D eigenvalue weighted by molar-refractivity contribution is 0.140. The first kappa shape index (κ1) is 20.3. The van der Waals surface area contributed by atoms with Crippen LogP contribution in [0.15, 0.2) is 47.2 Å². The molecule has 2 aliphatic rings. The number of urea groups is 1. The van der Waals surface area contributed by atoms with Crippen LogP contribution in [0.4, 0.5) is 10.5 Å². The summed E-state index contributed by atoms with van der Waals surface area (Å²) in [5, 5.41) is 7.14. The number of methoxy groups -OCH3 is 2. The van der Waals surface area contributed by atoms with Crippen molar-refractivity contribution in [2.24, 2.45) is 0 Å². The highest BCUT2D eigenvalue weighted by Crippen LogP contribution is 2.43. The van der Waals surface area contributed by atoms with Gasteiger partial charge in [0.2, 0.25) is 11.7 Å². The Kier molecular flexibility index (Phi) is 5.38. The Morgan fingerprint density at radius 3 is 2.66 bits per heavy atom. The lowest BCUT2D eigenvalue weighted by Gasteiger charge is -2.37. The average molecular weight is 435 g/mol. The van der Waals surface area contributed by atoms with Crippen LogP contribution in [0, 0.1) is 0 Å². The molecular weight excluding hydrogens is 410 g/mol. The number of benzene rings is 1.